The molecule has 0 unspecified atom stereocenters. The van der Waals surface area contributed by atoms with Gasteiger partial charge in [0.05, 0.1) is 29.6 Å². The lowest BCUT2D eigenvalue weighted by Crippen LogP contribution is -2.21. The summed E-state index contributed by atoms with van der Waals surface area (Å²) in [5.74, 6) is 0.946. The van der Waals surface area contributed by atoms with Crippen LogP contribution in [0.5, 0.6) is 11.5 Å². The van der Waals surface area contributed by atoms with Crippen LogP contribution in [0.3, 0.4) is 0 Å². The van der Waals surface area contributed by atoms with Gasteiger partial charge in [0.1, 0.15) is 0 Å². The molecule has 0 aromatic heterocycles. The van der Waals surface area contributed by atoms with Gasteiger partial charge in [0, 0.05) is 18.7 Å². The van der Waals surface area contributed by atoms with E-state index in [0.29, 0.717) is 28.1 Å². The topological polar surface area (TPSA) is 50.8 Å². The molecule has 5 nitrogen and oxygen atoms in total. The molecule has 2 aromatic rings. The summed E-state index contributed by atoms with van der Waals surface area (Å²) in [4.78, 5) is 15.1. The molecule has 0 spiro atoms. The number of halogens is 1. The lowest BCUT2D eigenvalue weighted by molar-refractivity contribution is 0.102. The fourth-order valence-electron chi connectivity index (χ4n) is 3.14. The van der Waals surface area contributed by atoms with Crippen molar-refractivity contribution in [3.63, 3.8) is 0 Å². The third kappa shape index (κ3) is 3.96. The maximum Gasteiger partial charge on any atom is 0.255 e. The Bertz CT molecular complexity index is 789. The number of rotatable bonds is 6. The highest BCUT2D eigenvalue weighted by Crippen LogP contribution is 2.37. The van der Waals surface area contributed by atoms with Gasteiger partial charge in [-0.1, -0.05) is 12.1 Å². The minimum Gasteiger partial charge on any atom is -0.493 e. The zero-order chi connectivity index (χ0) is 18.5. The van der Waals surface area contributed by atoms with Crippen LogP contribution in [0.4, 0.5) is 11.4 Å². The number of anilines is 2. The molecule has 0 saturated carbocycles. The molecule has 3 rings (SSSR count). The van der Waals surface area contributed by atoms with Crippen LogP contribution in [0.15, 0.2) is 40.9 Å². The Morgan fingerprint density at radius 3 is 2.65 bits per heavy atom. The molecule has 0 atom stereocenters. The number of benzene rings is 2. The summed E-state index contributed by atoms with van der Waals surface area (Å²) in [6, 6.07) is 11.4. The number of hydrogen-bond donors (Lipinski definition) is 1. The van der Waals surface area contributed by atoms with Gasteiger partial charge in [0.2, 0.25) is 0 Å². The van der Waals surface area contributed by atoms with Crippen LogP contribution in [-0.2, 0) is 0 Å². The van der Waals surface area contributed by atoms with Gasteiger partial charge in [0.15, 0.2) is 11.5 Å². The van der Waals surface area contributed by atoms with E-state index in [-0.39, 0.29) is 5.91 Å². The SMILES string of the molecule is CCOc1c(Br)cc(C(=O)Nc2ccccc2N2CCCC2)cc1OC. The maximum absolute atomic E-state index is 12.8. The molecular formula is C20H23BrN2O3. The standard InChI is InChI=1S/C20H23BrN2O3/c1-3-26-19-15(21)12-14(13-18(19)25-2)20(24)22-16-8-4-5-9-17(16)23-10-6-7-11-23/h4-5,8-9,12-13H,3,6-7,10-11H2,1-2H3,(H,22,24). The summed E-state index contributed by atoms with van der Waals surface area (Å²) in [6.45, 7) is 4.47. The first-order chi connectivity index (χ1) is 12.6. The molecule has 0 radical (unpaired) electrons. The molecule has 1 N–H and O–H groups in total. The first-order valence-electron chi connectivity index (χ1n) is 8.79. The van der Waals surface area contributed by atoms with Crippen LogP contribution in [0.1, 0.15) is 30.1 Å². The van der Waals surface area contributed by atoms with E-state index in [1.807, 2.05) is 25.1 Å². The fourth-order valence-corrected chi connectivity index (χ4v) is 3.70. The highest BCUT2D eigenvalue weighted by Gasteiger charge is 2.19. The molecule has 0 aliphatic carbocycles. The van der Waals surface area contributed by atoms with Gasteiger partial charge in [-0.3, -0.25) is 4.79 Å². The Hall–Kier alpha value is -2.21. The van der Waals surface area contributed by atoms with E-state index in [1.54, 1.807) is 19.2 Å². The smallest absolute Gasteiger partial charge is 0.255 e. The van der Waals surface area contributed by atoms with Gasteiger partial charge in [-0.05, 0) is 60.0 Å². The molecule has 2 aromatic carbocycles. The van der Waals surface area contributed by atoms with E-state index in [2.05, 4.69) is 32.2 Å². The third-order valence-corrected chi connectivity index (χ3v) is 4.97. The quantitative estimate of drug-likeness (QED) is 0.737. The number of hydrogen-bond acceptors (Lipinski definition) is 4. The van der Waals surface area contributed by atoms with E-state index < -0.39 is 0 Å². The normalized spacial score (nSPS) is 13.6. The van der Waals surface area contributed by atoms with E-state index in [9.17, 15) is 4.79 Å². The van der Waals surface area contributed by atoms with E-state index in [0.717, 1.165) is 24.5 Å². The van der Waals surface area contributed by atoms with Crippen molar-refractivity contribution in [2.45, 2.75) is 19.8 Å². The zero-order valence-corrected chi connectivity index (χ0v) is 16.6. The second kappa shape index (κ2) is 8.45. The van der Waals surface area contributed by atoms with Gasteiger partial charge < -0.3 is 19.7 Å². The number of nitrogens with zero attached hydrogens (tertiary/aromatic N) is 1. The molecular weight excluding hydrogens is 396 g/mol. The molecule has 26 heavy (non-hydrogen) atoms. The minimum absolute atomic E-state index is 0.182. The Balaban J connectivity index is 1.86. The number of nitrogens with one attached hydrogen (secondary N) is 1. The fraction of sp³-hybridized carbons (Fsp3) is 0.350. The second-order valence-electron chi connectivity index (χ2n) is 6.09. The van der Waals surface area contributed by atoms with Crippen molar-refractivity contribution in [2.75, 3.05) is 37.0 Å². The number of carbonyl (C=O) groups excluding carboxylic acids is 1. The van der Waals surface area contributed by atoms with Crippen molar-refractivity contribution >= 4 is 33.2 Å². The second-order valence-corrected chi connectivity index (χ2v) is 6.94. The lowest BCUT2D eigenvalue weighted by atomic mass is 10.1. The number of para-hydroxylation sites is 2. The molecule has 1 amide bonds. The Morgan fingerprint density at radius 2 is 1.96 bits per heavy atom. The van der Waals surface area contributed by atoms with Crippen molar-refractivity contribution in [1.29, 1.82) is 0 Å². The first kappa shape index (κ1) is 18.6. The molecule has 1 aliphatic heterocycles. The molecule has 138 valence electrons. The largest absolute Gasteiger partial charge is 0.493 e. The summed E-state index contributed by atoms with van der Waals surface area (Å²) in [5.41, 5.74) is 2.40. The van der Waals surface area contributed by atoms with Crippen LogP contribution in [0.25, 0.3) is 0 Å². The number of amides is 1. The van der Waals surface area contributed by atoms with Crippen molar-refractivity contribution in [2.24, 2.45) is 0 Å². The highest BCUT2D eigenvalue weighted by atomic mass is 79.9. The Morgan fingerprint density at radius 1 is 1.23 bits per heavy atom. The molecule has 6 heteroatoms. The molecule has 1 aliphatic rings. The number of carbonyl (C=O) groups is 1. The summed E-state index contributed by atoms with van der Waals surface area (Å²) >= 11 is 3.47. The molecule has 1 saturated heterocycles. The number of ether oxygens (including phenoxy) is 2. The first-order valence-corrected chi connectivity index (χ1v) is 9.59. The van der Waals surface area contributed by atoms with Gasteiger partial charge in [-0.2, -0.15) is 0 Å². The third-order valence-electron chi connectivity index (χ3n) is 4.38. The molecule has 0 bridgehead atoms. The van der Waals surface area contributed by atoms with Crippen molar-refractivity contribution in [1.82, 2.24) is 0 Å². The number of methoxy groups -OCH3 is 1. The Kier molecular flexibility index (Phi) is 6.04. The Labute approximate surface area is 162 Å². The zero-order valence-electron chi connectivity index (χ0n) is 15.0. The highest BCUT2D eigenvalue weighted by molar-refractivity contribution is 9.10. The monoisotopic (exact) mass is 418 g/mol. The van der Waals surface area contributed by atoms with Gasteiger partial charge in [0.25, 0.3) is 5.91 Å². The summed E-state index contributed by atoms with van der Waals surface area (Å²) < 4.78 is 11.7. The van der Waals surface area contributed by atoms with Crippen LogP contribution in [0, 0.1) is 0 Å². The van der Waals surface area contributed by atoms with Crippen molar-refractivity contribution in [3.05, 3.63) is 46.4 Å². The van der Waals surface area contributed by atoms with Gasteiger partial charge in [-0.15, -0.1) is 0 Å². The van der Waals surface area contributed by atoms with E-state index in [1.165, 1.54) is 12.8 Å². The van der Waals surface area contributed by atoms with E-state index >= 15 is 0 Å². The van der Waals surface area contributed by atoms with Crippen molar-refractivity contribution in [3.8, 4) is 11.5 Å². The van der Waals surface area contributed by atoms with Gasteiger partial charge in [-0.25, -0.2) is 0 Å². The van der Waals surface area contributed by atoms with Crippen LogP contribution >= 0.6 is 15.9 Å². The predicted octanol–water partition coefficient (Wildman–Crippen LogP) is 4.71. The average Bonchev–Trinajstić information content (AvgIpc) is 3.18. The van der Waals surface area contributed by atoms with E-state index in [4.69, 9.17) is 9.47 Å². The minimum atomic E-state index is -0.182. The summed E-state index contributed by atoms with van der Waals surface area (Å²) in [5, 5.41) is 3.04. The van der Waals surface area contributed by atoms with Gasteiger partial charge >= 0.3 is 0 Å². The van der Waals surface area contributed by atoms with Crippen molar-refractivity contribution < 1.29 is 14.3 Å². The van der Waals surface area contributed by atoms with Crippen LogP contribution in [0.2, 0.25) is 0 Å². The van der Waals surface area contributed by atoms with Crippen LogP contribution in [-0.4, -0.2) is 32.7 Å². The summed E-state index contributed by atoms with van der Waals surface area (Å²) in [7, 11) is 1.56. The van der Waals surface area contributed by atoms with Crippen LogP contribution < -0.4 is 19.7 Å². The molecule has 1 heterocycles. The predicted molar refractivity (Wildman–Crippen MR) is 108 cm³/mol. The average molecular weight is 419 g/mol. The molecule has 1 fully saturated rings. The maximum atomic E-state index is 12.8. The lowest BCUT2D eigenvalue weighted by Gasteiger charge is -2.21. The summed E-state index contributed by atoms with van der Waals surface area (Å²) in [6.07, 6.45) is 2.37.